The lowest BCUT2D eigenvalue weighted by Crippen LogP contribution is -2.35. The number of nitrogens with zero attached hydrogens (tertiary/aromatic N) is 2. The molecule has 0 aliphatic rings. The van der Waals surface area contributed by atoms with E-state index in [-0.39, 0.29) is 6.61 Å². The minimum atomic E-state index is -1.39. The molecule has 0 atom stereocenters. The molecule has 0 radical (unpaired) electrons. The summed E-state index contributed by atoms with van der Waals surface area (Å²) in [6, 6.07) is 17.8. The Balaban J connectivity index is 1.88. The molecule has 0 aliphatic heterocycles. The monoisotopic (exact) mass is 342 g/mol. The van der Waals surface area contributed by atoms with Crippen molar-refractivity contribution in [2.24, 2.45) is 0 Å². The molecule has 1 heterocycles. The van der Waals surface area contributed by atoms with Crippen molar-refractivity contribution in [1.29, 1.82) is 0 Å². The van der Waals surface area contributed by atoms with Crippen LogP contribution in [0.5, 0.6) is 0 Å². The zero-order valence-corrected chi connectivity index (χ0v) is 14.1. The van der Waals surface area contributed by atoms with Crippen molar-refractivity contribution >= 4 is 16.9 Å². The third-order valence-electron chi connectivity index (χ3n) is 4.04. The van der Waals surface area contributed by atoms with Crippen LogP contribution in [0.3, 0.4) is 0 Å². The lowest BCUT2D eigenvalue weighted by atomic mass is 10.1. The van der Waals surface area contributed by atoms with Gasteiger partial charge in [0, 0.05) is 9.91 Å². The van der Waals surface area contributed by atoms with Gasteiger partial charge in [-0.3, -0.25) is 9.62 Å². The second kappa shape index (κ2) is 7.03. The number of rotatable bonds is 6. The molecule has 0 fully saturated rings. The van der Waals surface area contributed by atoms with Gasteiger partial charge >= 0.3 is 5.97 Å². The molecule has 0 unspecified atom stereocenters. The number of ether oxygens (including phenoxy) is 1. The molecule has 0 saturated carbocycles. The first-order valence-corrected chi connectivity index (χ1v) is 7.96. The number of fused-ring (bicyclic) bond motifs is 1. The summed E-state index contributed by atoms with van der Waals surface area (Å²) in [6.45, 7) is 3.61. The molecule has 0 N–H and O–H groups in total. The maximum absolute atomic E-state index is 12.2. The van der Waals surface area contributed by atoms with Gasteiger partial charge in [-0.25, -0.2) is 4.79 Å². The topological polar surface area (TPSA) is 53.4 Å². The smallest absolute Gasteiger partial charge is 0.357 e. The Kier molecular flexibility index (Phi) is 4.81. The van der Waals surface area contributed by atoms with Crippen LogP contribution in [0, 0.1) is 0 Å². The van der Waals surface area contributed by atoms with Crippen LogP contribution in [-0.2, 0) is 27.6 Å². The molecule has 1 aromatic heterocycles. The summed E-state index contributed by atoms with van der Waals surface area (Å²) in [5, 5.41) is 5.55. The first kappa shape index (κ1) is 17.1. The van der Waals surface area contributed by atoms with E-state index in [1.54, 1.807) is 0 Å². The van der Waals surface area contributed by atoms with Crippen LogP contribution < -0.4 is 0 Å². The maximum Gasteiger partial charge on any atom is 0.379 e. The highest BCUT2D eigenvalue weighted by Gasteiger charge is 2.32. The van der Waals surface area contributed by atoms with Crippen molar-refractivity contribution in [3.63, 3.8) is 0 Å². The zero-order valence-electron chi connectivity index (χ0n) is 14.1. The van der Waals surface area contributed by atoms with Gasteiger partial charge in [0.2, 0.25) is 0 Å². The van der Waals surface area contributed by atoms with Crippen LogP contribution in [0.2, 0.25) is 0 Å². The molecule has 130 valence electrons. The highest BCUT2D eigenvalue weighted by Crippen LogP contribution is 2.22. The van der Waals surface area contributed by atoms with Crippen LogP contribution in [-0.4, -0.2) is 21.4 Å². The van der Waals surface area contributed by atoms with Gasteiger partial charge in [0.1, 0.15) is 0 Å². The Morgan fingerprint density at radius 1 is 1.12 bits per heavy atom. The highest BCUT2D eigenvalue weighted by molar-refractivity contribution is 5.82. The molecule has 0 saturated heterocycles. The van der Waals surface area contributed by atoms with Gasteiger partial charge in [-0.2, -0.15) is 5.10 Å². The number of para-hydroxylation sites is 1. The first-order chi connectivity index (χ1) is 12.0. The van der Waals surface area contributed by atoms with Crippen LogP contribution in [0.1, 0.15) is 25.1 Å². The molecule has 25 heavy (non-hydrogen) atoms. The van der Waals surface area contributed by atoms with Gasteiger partial charge in [-0.05, 0) is 25.5 Å². The Labute approximate surface area is 144 Å². The van der Waals surface area contributed by atoms with Gasteiger partial charge in [0.15, 0.2) is 5.60 Å². The summed E-state index contributed by atoms with van der Waals surface area (Å²) >= 11 is 0. The number of hydrogen-bond donors (Lipinski definition) is 0. The number of hydrogen-bond acceptors (Lipinski definition) is 4. The first-order valence-electron chi connectivity index (χ1n) is 7.96. The van der Waals surface area contributed by atoms with Gasteiger partial charge in [0.25, 0.3) is 0 Å². The Morgan fingerprint density at radius 3 is 2.52 bits per heavy atom. The molecule has 3 aromatic rings. The number of aromatic nitrogens is 2. The van der Waals surface area contributed by atoms with Crippen LogP contribution in [0.4, 0.5) is 4.53 Å². The van der Waals surface area contributed by atoms with E-state index in [1.807, 2.05) is 59.3 Å². The Morgan fingerprint density at radius 2 is 1.80 bits per heavy atom. The molecule has 0 bridgehead atoms. The van der Waals surface area contributed by atoms with Gasteiger partial charge in [-0.1, -0.05) is 48.5 Å². The van der Waals surface area contributed by atoms with Crippen LogP contribution in [0.25, 0.3) is 10.9 Å². The predicted molar refractivity (Wildman–Crippen MR) is 91.3 cm³/mol. The van der Waals surface area contributed by atoms with Crippen molar-refractivity contribution in [2.45, 2.75) is 32.6 Å². The molecule has 5 nitrogen and oxygen atoms in total. The number of halogens is 1. The van der Waals surface area contributed by atoms with E-state index in [2.05, 4.69) is 10.0 Å². The molecule has 3 rings (SSSR count). The normalized spacial score (nSPS) is 11.6. The summed E-state index contributed by atoms with van der Waals surface area (Å²) in [5.74, 6) is -1.07. The Bertz CT molecular complexity index is 875. The van der Waals surface area contributed by atoms with Crippen LogP contribution >= 0.6 is 0 Å². The lowest BCUT2D eigenvalue weighted by Gasteiger charge is -2.19. The Hall–Kier alpha value is -2.73. The van der Waals surface area contributed by atoms with E-state index < -0.39 is 11.6 Å². The molecule has 6 heteroatoms. The van der Waals surface area contributed by atoms with E-state index in [0.717, 1.165) is 16.5 Å². The van der Waals surface area contributed by atoms with E-state index >= 15 is 0 Å². The minimum absolute atomic E-state index is 0.0738. The zero-order chi connectivity index (χ0) is 17.9. The standard InChI is InChI=1S/C19H19FN2O3/c1-19(2,18(23)25-20)24-13-16-15-10-6-7-11-17(15)22(21-16)12-14-8-4-3-5-9-14/h3-11H,12-13H2,1-2H3. The van der Waals surface area contributed by atoms with E-state index in [9.17, 15) is 9.32 Å². The van der Waals surface area contributed by atoms with Crippen molar-refractivity contribution in [3.05, 3.63) is 65.9 Å². The summed E-state index contributed by atoms with van der Waals surface area (Å²) < 4.78 is 19.6. The summed E-state index contributed by atoms with van der Waals surface area (Å²) in [7, 11) is 0. The second-order valence-corrected chi connectivity index (χ2v) is 6.27. The highest BCUT2D eigenvalue weighted by atomic mass is 19.3. The maximum atomic E-state index is 12.2. The molecular weight excluding hydrogens is 323 g/mol. The van der Waals surface area contributed by atoms with Gasteiger partial charge in [-0.15, -0.1) is 0 Å². The molecule has 0 amide bonds. The third kappa shape index (κ3) is 3.69. The minimum Gasteiger partial charge on any atom is -0.357 e. The number of carbonyl (C=O) groups excluding carboxylic acids is 1. The fourth-order valence-electron chi connectivity index (χ4n) is 2.58. The molecular formula is C19H19FN2O3. The average Bonchev–Trinajstić information content (AvgIpc) is 2.98. The van der Waals surface area contributed by atoms with Crippen molar-refractivity contribution in [1.82, 2.24) is 9.78 Å². The second-order valence-electron chi connectivity index (χ2n) is 6.27. The summed E-state index contributed by atoms with van der Waals surface area (Å²) in [4.78, 5) is 14.7. The molecule has 0 aliphatic carbocycles. The number of benzene rings is 2. The third-order valence-corrected chi connectivity index (χ3v) is 4.04. The quantitative estimate of drug-likeness (QED) is 0.684. The van der Waals surface area contributed by atoms with Crippen molar-refractivity contribution in [3.8, 4) is 0 Å². The lowest BCUT2D eigenvalue weighted by molar-refractivity contribution is -0.208. The summed E-state index contributed by atoms with van der Waals surface area (Å²) in [6.07, 6.45) is 0. The van der Waals surface area contributed by atoms with E-state index in [1.165, 1.54) is 13.8 Å². The SMILES string of the molecule is CC(C)(OCc1nn(Cc2ccccc2)c2ccccc12)C(=O)OF. The van der Waals surface area contributed by atoms with Gasteiger partial charge in [0.05, 0.1) is 24.4 Å². The fraction of sp³-hybridized carbons (Fsp3) is 0.263. The molecule has 2 aromatic carbocycles. The summed E-state index contributed by atoms with van der Waals surface area (Å²) in [5.41, 5.74) is 1.39. The van der Waals surface area contributed by atoms with E-state index in [4.69, 9.17) is 4.74 Å². The number of carbonyl (C=O) groups is 1. The fourth-order valence-corrected chi connectivity index (χ4v) is 2.58. The van der Waals surface area contributed by atoms with Crippen LogP contribution in [0.15, 0.2) is 54.6 Å². The molecule has 0 spiro atoms. The van der Waals surface area contributed by atoms with E-state index in [0.29, 0.717) is 12.2 Å². The van der Waals surface area contributed by atoms with Crippen molar-refractivity contribution < 1.29 is 19.0 Å². The van der Waals surface area contributed by atoms with Crippen molar-refractivity contribution in [2.75, 3.05) is 0 Å². The largest absolute Gasteiger partial charge is 0.379 e. The van der Waals surface area contributed by atoms with Gasteiger partial charge < -0.3 is 4.74 Å². The predicted octanol–water partition coefficient (Wildman–Crippen LogP) is 3.81. The average molecular weight is 342 g/mol.